The fraction of sp³-hybridized carbons (Fsp3) is 0.400. The minimum Gasteiger partial charge on any atom is -0.494 e. The van der Waals surface area contributed by atoms with Crippen molar-refractivity contribution in [3.63, 3.8) is 0 Å². The van der Waals surface area contributed by atoms with Gasteiger partial charge in [0.05, 0.1) is 52.4 Å². The summed E-state index contributed by atoms with van der Waals surface area (Å²) in [5.74, 6) is -5.25. The van der Waals surface area contributed by atoms with Crippen molar-refractivity contribution in [2.75, 3.05) is 47.0 Å². The van der Waals surface area contributed by atoms with Crippen molar-refractivity contribution < 1.29 is 57.2 Å². The number of anilines is 1. The maximum absolute atomic E-state index is 14.3. The maximum atomic E-state index is 14.3. The Kier molecular flexibility index (Phi) is 9.46. The Hall–Kier alpha value is -4.29. The average Bonchev–Trinajstić information content (AvgIpc) is 3.62. The van der Waals surface area contributed by atoms with E-state index in [0.29, 0.717) is 4.91 Å². The second-order valence-corrected chi connectivity index (χ2v) is 14.6. The van der Waals surface area contributed by atoms with Gasteiger partial charge in [0.1, 0.15) is 36.8 Å². The number of hydrogen-bond donors (Lipinski definition) is 0. The Morgan fingerprint density at radius 1 is 0.812 bits per heavy atom. The third-order valence-corrected chi connectivity index (χ3v) is 12.5. The van der Waals surface area contributed by atoms with Gasteiger partial charge in [-0.3, -0.25) is 29.2 Å². The van der Waals surface area contributed by atoms with Crippen molar-refractivity contribution in [2.45, 2.75) is 36.3 Å². The van der Waals surface area contributed by atoms with E-state index in [-0.39, 0.29) is 55.8 Å². The summed E-state index contributed by atoms with van der Waals surface area (Å²) in [6.45, 7) is 2.72. The highest BCUT2D eigenvalue weighted by molar-refractivity contribution is 8.26. The third kappa shape index (κ3) is 5.25. The molecule has 4 aliphatic heterocycles. The molecule has 5 rings (SSSR count). The molecule has 1 saturated heterocycles. The normalized spacial score (nSPS) is 19.3. The van der Waals surface area contributed by atoms with Crippen molar-refractivity contribution >= 4 is 88.1 Å². The lowest BCUT2D eigenvalue weighted by Crippen LogP contribution is -2.56. The Balaban J connectivity index is 1.86. The first-order chi connectivity index (χ1) is 22.7. The molecular formula is C30H29N3O12S3. The summed E-state index contributed by atoms with van der Waals surface area (Å²) in [4.78, 5) is 99.4. The number of hydrogen-bond acceptors (Lipinski definition) is 16. The lowest BCUT2D eigenvalue weighted by molar-refractivity contribution is -0.142. The highest BCUT2D eigenvalue weighted by Gasteiger charge is 2.62. The standard InChI is InChI=1S/C30H29N3O12S3/c1-29(2)24-17(19-20(13(41-3)10-11-31-19)33(29)16(36)12-32-14(34)8-9-15(32)35)30(18(25(37)42-4)21(46-24)26(38)43-5)47-22(27(39)44-6)23(48-30)28(40)45-7/h10-11H,8-9,12H2,1-7H3. The molecule has 5 heterocycles. The predicted molar refractivity (Wildman–Crippen MR) is 173 cm³/mol. The van der Waals surface area contributed by atoms with Crippen LogP contribution in [0.3, 0.4) is 0 Å². The monoisotopic (exact) mass is 719 g/mol. The van der Waals surface area contributed by atoms with Gasteiger partial charge in [0, 0.05) is 35.6 Å². The van der Waals surface area contributed by atoms with Gasteiger partial charge in [-0.1, -0.05) is 35.3 Å². The summed E-state index contributed by atoms with van der Waals surface area (Å²) in [7, 11) is 5.82. The van der Waals surface area contributed by atoms with E-state index in [2.05, 4.69) is 4.98 Å². The van der Waals surface area contributed by atoms with E-state index in [1.165, 1.54) is 24.3 Å². The van der Waals surface area contributed by atoms with Crippen LogP contribution < -0.4 is 9.64 Å². The number of rotatable bonds is 7. The Morgan fingerprint density at radius 2 is 1.33 bits per heavy atom. The molecule has 48 heavy (non-hydrogen) atoms. The van der Waals surface area contributed by atoms with Crippen LogP contribution in [-0.4, -0.2) is 103 Å². The third-order valence-electron chi connectivity index (χ3n) is 7.90. The first-order valence-electron chi connectivity index (χ1n) is 14.1. The van der Waals surface area contributed by atoms with Crippen molar-refractivity contribution in [3.8, 4) is 5.75 Å². The first kappa shape index (κ1) is 35.0. The number of imide groups is 1. The molecule has 3 amide bonds. The predicted octanol–water partition coefficient (Wildman–Crippen LogP) is 2.16. The summed E-state index contributed by atoms with van der Waals surface area (Å²) >= 11 is 2.32. The number of carbonyl (C=O) groups is 7. The fourth-order valence-corrected chi connectivity index (χ4v) is 10.8. The number of thioether (sulfide) groups is 3. The largest absolute Gasteiger partial charge is 0.494 e. The van der Waals surface area contributed by atoms with Crippen LogP contribution >= 0.6 is 35.3 Å². The van der Waals surface area contributed by atoms with Gasteiger partial charge in [0.2, 0.25) is 17.7 Å². The Labute approximate surface area is 286 Å². The molecule has 0 unspecified atom stereocenters. The molecule has 254 valence electrons. The van der Waals surface area contributed by atoms with E-state index in [4.69, 9.17) is 23.7 Å². The van der Waals surface area contributed by atoms with Crippen LogP contribution in [0.15, 0.2) is 37.5 Å². The summed E-state index contributed by atoms with van der Waals surface area (Å²) in [6.07, 6.45) is 1.34. The smallest absolute Gasteiger partial charge is 0.345 e. The van der Waals surface area contributed by atoms with Gasteiger partial charge in [0.15, 0.2) is 0 Å². The molecule has 18 heteroatoms. The van der Waals surface area contributed by atoms with Crippen LogP contribution in [0.4, 0.5) is 5.69 Å². The van der Waals surface area contributed by atoms with Crippen molar-refractivity contribution in [2.24, 2.45) is 0 Å². The topological polar surface area (TPSA) is 185 Å². The number of pyridine rings is 1. The molecule has 0 aromatic carbocycles. The number of amides is 3. The molecule has 0 N–H and O–H groups in total. The summed E-state index contributed by atoms with van der Waals surface area (Å²) in [6, 6.07) is 1.50. The van der Waals surface area contributed by atoms with E-state index >= 15 is 0 Å². The lowest BCUT2D eigenvalue weighted by atomic mass is 9.85. The van der Waals surface area contributed by atoms with Crippen molar-refractivity contribution in [3.05, 3.63) is 43.2 Å². The molecule has 1 aromatic heterocycles. The maximum Gasteiger partial charge on any atom is 0.345 e. The summed E-state index contributed by atoms with van der Waals surface area (Å²) in [5, 5.41) is 0. The summed E-state index contributed by atoms with van der Waals surface area (Å²) < 4.78 is 24.1. The quantitative estimate of drug-likeness (QED) is 0.227. The Morgan fingerprint density at radius 3 is 1.83 bits per heavy atom. The molecule has 0 radical (unpaired) electrons. The Bertz CT molecular complexity index is 1750. The second kappa shape index (κ2) is 13.0. The number of carbonyl (C=O) groups excluding carboxylic acids is 7. The number of likely N-dealkylation sites (tertiary alicyclic amines) is 1. The van der Waals surface area contributed by atoms with Gasteiger partial charge in [-0.25, -0.2) is 19.2 Å². The molecule has 4 aliphatic rings. The number of nitrogens with zero attached hydrogens (tertiary/aromatic N) is 3. The van der Waals surface area contributed by atoms with E-state index < -0.39 is 57.8 Å². The molecule has 0 atom stereocenters. The van der Waals surface area contributed by atoms with E-state index in [1.54, 1.807) is 13.8 Å². The molecule has 0 bridgehead atoms. The van der Waals surface area contributed by atoms with Crippen LogP contribution in [0, 0.1) is 0 Å². The minimum absolute atomic E-state index is 0.0270. The van der Waals surface area contributed by atoms with E-state index in [1.807, 2.05) is 0 Å². The number of aromatic nitrogens is 1. The highest BCUT2D eigenvalue weighted by Crippen LogP contribution is 2.71. The number of fused-ring (bicyclic) bond motifs is 3. The van der Waals surface area contributed by atoms with E-state index in [0.717, 1.165) is 68.6 Å². The van der Waals surface area contributed by atoms with Crippen LogP contribution in [0.1, 0.15) is 32.4 Å². The summed E-state index contributed by atoms with van der Waals surface area (Å²) in [5.41, 5.74) is -1.24. The van der Waals surface area contributed by atoms with Crippen LogP contribution in [0.5, 0.6) is 5.75 Å². The van der Waals surface area contributed by atoms with Gasteiger partial charge in [0.25, 0.3) is 0 Å². The fourth-order valence-electron chi connectivity index (χ4n) is 5.77. The molecular weight excluding hydrogens is 691 g/mol. The zero-order valence-corrected chi connectivity index (χ0v) is 29.2. The van der Waals surface area contributed by atoms with Gasteiger partial charge < -0.3 is 23.7 Å². The zero-order chi connectivity index (χ0) is 35.3. The molecule has 15 nitrogen and oxygen atoms in total. The molecule has 0 saturated carbocycles. The van der Waals surface area contributed by atoms with Gasteiger partial charge in [-0.2, -0.15) is 0 Å². The SMILES string of the molecule is COC(=O)C1=C(C(=O)OC)SC2(S1)C(C(=O)OC)=C(C(=O)OC)SC1=C2c2nccc(OC)c2N(C(=O)CN2C(=O)CCC2=O)C1(C)C. The second-order valence-electron chi connectivity index (χ2n) is 10.8. The first-order valence-corrected chi connectivity index (χ1v) is 16.5. The molecule has 1 spiro atoms. The van der Waals surface area contributed by atoms with Gasteiger partial charge in [-0.05, 0) is 13.8 Å². The average molecular weight is 720 g/mol. The highest BCUT2D eigenvalue weighted by atomic mass is 32.2. The number of methoxy groups -OCH3 is 5. The van der Waals surface area contributed by atoms with Crippen molar-refractivity contribution in [1.29, 1.82) is 0 Å². The van der Waals surface area contributed by atoms with Crippen LogP contribution in [-0.2, 0) is 52.5 Å². The van der Waals surface area contributed by atoms with Crippen molar-refractivity contribution in [1.82, 2.24) is 9.88 Å². The van der Waals surface area contributed by atoms with E-state index in [9.17, 15) is 33.6 Å². The van der Waals surface area contributed by atoms with Crippen LogP contribution in [0.25, 0.3) is 5.57 Å². The van der Waals surface area contributed by atoms with Gasteiger partial charge >= 0.3 is 23.9 Å². The van der Waals surface area contributed by atoms with Gasteiger partial charge in [-0.15, -0.1) is 0 Å². The molecule has 0 aliphatic carbocycles. The van der Waals surface area contributed by atoms with Crippen LogP contribution in [0.2, 0.25) is 0 Å². The molecule has 1 aromatic rings. The minimum atomic E-state index is -1.84. The molecule has 1 fully saturated rings. The zero-order valence-electron chi connectivity index (χ0n) is 26.7. The lowest BCUT2D eigenvalue weighted by Gasteiger charge is -2.50. The number of ether oxygens (including phenoxy) is 5. The number of esters is 4.